The molecule has 0 spiro atoms. The van der Waals surface area contributed by atoms with Crippen LogP contribution in [0.1, 0.15) is 76.6 Å². The number of aromatic nitrogens is 2. The lowest BCUT2D eigenvalue weighted by molar-refractivity contribution is -0.147. The molecule has 1 saturated heterocycles. The van der Waals surface area contributed by atoms with Crippen molar-refractivity contribution in [3.8, 4) is 0 Å². The molecule has 2 fully saturated rings. The van der Waals surface area contributed by atoms with Gasteiger partial charge in [0.15, 0.2) is 5.82 Å². The van der Waals surface area contributed by atoms with Crippen LogP contribution in [0.3, 0.4) is 0 Å². The summed E-state index contributed by atoms with van der Waals surface area (Å²) in [5.74, 6) is 2.54. The highest BCUT2D eigenvalue weighted by atomic mass is 16.5. The molecule has 0 N–H and O–H groups in total. The van der Waals surface area contributed by atoms with Gasteiger partial charge in [0.2, 0.25) is 5.91 Å². The van der Waals surface area contributed by atoms with Crippen molar-refractivity contribution in [3.05, 3.63) is 11.7 Å². The van der Waals surface area contributed by atoms with Gasteiger partial charge in [-0.2, -0.15) is 4.98 Å². The van der Waals surface area contributed by atoms with Gasteiger partial charge in [-0.3, -0.25) is 4.79 Å². The average Bonchev–Trinajstić information content (AvgIpc) is 3.25. The molecule has 0 aromatic carbocycles. The van der Waals surface area contributed by atoms with Gasteiger partial charge in [-0.05, 0) is 32.1 Å². The van der Waals surface area contributed by atoms with Crippen LogP contribution >= 0.6 is 0 Å². The molecule has 1 aromatic rings. The predicted octanol–water partition coefficient (Wildman–Crippen LogP) is 3.06. The summed E-state index contributed by atoms with van der Waals surface area (Å²) in [4.78, 5) is 19.1. The van der Waals surface area contributed by atoms with Gasteiger partial charge in [-0.15, -0.1) is 0 Å². The molecule has 1 aliphatic carbocycles. The highest BCUT2D eigenvalue weighted by Crippen LogP contribution is 2.39. The molecule has 3 rings (SSSR count). The summed E-state index contributed by atoms with van der Waals surface area (Å²) in [6.45, 7) is 7.50. The molecule has 0 bridgehead atoms. The summed E-state index contributed by atoms with van der Waals surface area (Å²) in [7, 11) is 0. The molecule has 1 amide bonds. The second-order valence-corrected chi connectivity index (χ2v) is 7.16. The molecule has 128 valence electrons. The number of carbonyl (C=O) groups excluding carboxylic acids is 1. The topological polar surface area (TPSA) is 68.5 Å². The van der Waals surface area contributed by atoms with Gasteiger partial charge in [-0.1, -0.05) is 25.4 Å². The average molecular weight is 321 g/mol. The second-order valence-electron chi connectivity index (χ2n) is 7.16. The zero-order chi connectivity index (χ0) is 16.4. The quantitative estimate of drug-likeness (QED) is 0.805. The molecule has 23 heavy (non-hydrogen) atoms. The number of nitrogens with zero attached hydrogens (tertiary/aromatic N) is 3. The van der Waals surface area contributed by atoms with Crippen LogP contribution in [0.2, 0.25) is 0 Å². The van der Waals surface area contributed by atoms with Crippen LogP contribution in [0, 0.1) is 5.92 Å². The van der Waals surface area contributed by atoms with Crippen molar-refractivity contribution >= 4 is 5.91 Å². The first-order chi connectivity index (χ1) is 11.1. The number of hydrogen-bond donors (Lipinski definition) is 0. The second kappa shape index (κ2) is 6.99. The Labute approximate surface area is 137 Å². The van der Waals surface area contributed by atoms with E-state index < -0.39 is 0 Å². The lowest BCUT2D eigenvalue weighted by atomic mass is 10.0. The number of ether oxygens (including phenoxy) is 1. The maximum absolute atomic E-state index is 12.6. The van der Waals surface area contributed by atoms with Gasteiger partial charge in [0.25, 0.3) is 5.89 Å². The Morgan fingerprint density at radius 1 is 1.39 bits per heavy atom. The van der Waals surface area contributed by atoms with Gasteiger partial charge in [-0.25, -0.2) is 0 Å². The van der Waals surface area contributed by atoms with Crippen molar-refractivity contribution in [3.63, 3.8) is 0 Å². The fraction of sp³-hybridized carbons (Fsp3) is 0.824. The normalized spacial score (nSPS) is 25.1. The third-order valence-electron chi connectivity index (χ3n) is 4.64. The van der Waals surface area contributed by atoms with E-state index in [0.29, 0.717) is 37.3 Å². The Bertz CT molecular complexity index is 539. The van der Waals surface area contributed by atoms with Crippen LogP contribution in [0.15, 0.2) is 4.52 Å². The van der Waals surface area contributed by atoms with E-state index in [0.717, 1.165) is 31.5 Å². The molecule has 2 aliphatic rings. The van der Waals surface area contributed by atoms with Gasteiger partial charge < -0.3 is 14.2 Å². The molecular formula is C17H27N3O3. The largest absolute Gasteiger partial charge is 0.374 e. The summed E-state index contributed by atoms with van der Waals surface area (Å²) >= 11 is 0. The van der Waals surface area contributed by atoms with Crippen molar-refractivity contribution in [1.29, 1.82) is 0 Å². The van der Waals surface area contributed by atoms with Crippen LogP contribution in [-0.4, -0.2) is 40.2 Å². The first-order valence-corrected chi connectivity index (χ1v) is 8.81. The summed E-state index contributed by atoms with van der Waals surface area (Å²) in [6, 6.07) is -0.254. The van der Waals surface area contributed by atoms with E-state index in [2.05, 4.69) is 24.0 Å². The molecule has 6 heteroatoms. The van der Waals surface area contributed by atoms with Crippen molar-refractivity contribution in [2.75, 3.05) is 13.2 Å². The van der Waals surface area contributed by atoms with Crippen LogP contribution in [0.5, 0.6) is 0 Å². The molecular weight excluding hydrogens is 294 g/mol. The smallest absolute Gasteiger partial charge is 0.252 e. The molecule has 2 heterocycles. The monoisotopic (exact) mass is 321 g/mol. The zero-order valence-electron chi connectivity index (χ0n) is 14.3. The Hall–Kier alpha value is -1.43. The maximum Gasteiger partial charge on any atom is 0.252 e. The van der Waals surface area contributed by atoms with E-state index in [1.165, 1.54) is 0 Å². The number of rotatable bonds is 6. The van der Waals surface area contributed by atoms with Crippen LogP contribution < -0.4 is 0 Å². The molecule has 0 unspecified atom stereocenters. The van der Waals surface area contributed by atoms with Crippen LogP contribution in [0.4, 0.5) is 0 Å². The summed E-state index contributed by atoms with van der Waals surface area (Å²) < 4.78 is 11.2. The van der Waals surface area contributed by atoms with E-state index in [4.69, 9.17) is 9.26 Å². The van der Waals surface area contributed by atoms with E-state index in [1.807, 2.05) is 11.8 Å². The molecule has 6 nitrogen and oxygen atoms in total. The minimum absolute atomic E-state index is 0.120. The Morgan fingerprint density at radius 3 is 2.87 bits per heavy atom. The fourth-order valence-electron chi connectivity index (χ4n) is 3.11. The molecule has 1 saturated carbocycles. The van der Waals surface area contributed by atoms with Crippen molar-refractivity contribution in [2.24, 2.45) is 5.92 Å². The van der Waals surface area contributed by atoms with E-state index in [1.54, 1.807) is 0 Å². The summed E-state index contributed by atoms with van der Waals surface area (Å²) in [5.41, 5.74) is 0. The third kappa shape index (κ3) is 3.91. The minimum Gasteiger partial charge on any atom is -0.374 e. The number of morpholine rings is 1. The number of amides is 1. The number of hydrogen-bond acceptors (Lipinski definition) is 5. The molecule has 1 aromatic heterocycles. The third-order valence-corrected chi connectivity index (χ3v) is 4.64. The first-order valence-electron chi connectivity index (χ1n) is 8.81. The van der Waals surface area contributed by atoms with Gasteiger partial charge in [0, 0.05) is 18.9 Å². The van der Waals surface area contributed by atoms with Crippen molar-refractivity contribution in [2.45, 2.75) is 70.9 Å². The number of carbonyl (C=O) groups is 1. The van der Waals surface area contributed by atoms with Gasteiger partial charge >= 0.3 is 0 Å². The van der Waals surface area contributed by atoms with Crippen LogP contribution in [-0.2, 0) is 9.53 Å². The molecule has 1 aliphatic heterocycles. The van der Waals surface area contributed by atoms with E-state index in [-0.39, 0.29) is 18.1 Å². The van der Waals surface area contributed by atoms with E-state index in [9.17, 15) is 4.79 Å². The SMILES string of the molecule is CC(C)CCCC(=O)N1CCO[C@H](C)[C@H]1c1nc(C2CC2)no1. The van der Waals surface area contributed by atoms with E-state index >= 15 is 0 Å². The Morgan fingerprint density at radius 2 is 2.17 bits per heavy atom. The zero-order valence-corrected chi connectivity index (χ0v) is 14.3. The van der Waals surface area contributed by atoms with Gasteiger partial charge in [0.05, 0.1) is 12.7 Å². The maximum atomic E-state index is 12.6. The first kappa shape index (κ1) is 16.4. The molecule has 2 atom stereocenters. The van der Waals surface area contributed by atoms with Gasteiger partial charge in [0.1, 0.15) is 6.04 Å². The lowest BCUT2D eigenvalue weighted by Crippen LogP contribution is -2.47. The Kier molecular flexibility index (Phi) is 4.99. The molecule has 0 radical (unpaired) electrons. The highest BCUT2D eigenvalue weighted by Gasteiger charge is 2.39. The predicted molar refractivity (Wildman–Crippen MR) is 84.8 cm³/mol. The fourth-order valence-corrected chi connectivity index (χ4v) is 3.11. The lowest BCUT2D eigenvalue weighted by Gasteiger charge is -2.37. The minimum atomic E-state index is -0.254. The Balaban J connectivity index is 1.69. The summed E-state index contributed by atoms with van der Waals surface area (Å²) in [6.07, 6.45) is 4.71. The van der Waals surface area contributed by atoms with Crippen molar-refractivity contribution < 1.29 is 14.1 Å². The summed E-state index contributed by atoms with van der Waals surface area (Å²) in [5, 5.41) is 4.09. The van der Waals surface area contributed by atoms with Crippen molar-refractivity contribution in [1.82, 2.24) is 15.0 Å². The standard InChI is InChI=1S/C17H27N3O3/c1-11(2)5-4-6-14(21)20-9-10-22-12(3)15(20)17-18-16(19-23-17)13-7-8-13/h11-13,15H,4-10H2,1-3H3/t12-,15+/m1/s1. The van der Waals surface area contributed by atoms with Crippen LogP contribution in [0.25, 0.3) is 0 Å². The highest BCUT2D eigenvalue weighted by molar-refractivity contribution is 5.76.